The average Bonchev–Trinajstić information content (AvgIpc) is 2.49. The van der Waals surface area contributed by atoms with Gasteiger partial charge in [0.05, 0.1) is 17.1 Å². The number of aliphatic hydroxyl groups is 1. The number of halogens is 3. The molecule has 0 aliphatic carbocycles. The third kappa shape index (κ3) is 1.70. The Balaban J connectivity index is 2.94. The van der Waals surface area contributed by atoms with Crippen molar-refractivity contribution < 1.29 is 5.11 Å². The Kier molecular flexibility index (Phi) is 3.36. The van der Waals surface area contributed by atoms with Gasteiger partial charge < -0.3 is 9.67 Å². The van der Waals surface area contributed by atoms with Crippen LogP contribution in [-0.4, -0.2) is 9.67 Å². The van der Waals surface area contributed by atoms with Crippen molar-refractivity contribution in [1.29, 1.82) is 0 Å². The molecule has 5 heteroatoms. The minimum absolute atomic E-state index is 0.135. The maximum Gasteiger partial charge on any atom is 0.115 e. The van der Waals surface area contributed by atoms with E-state index in [1.165, 1.54) is 0 Å². The maximum absolute atomic E-state index is 9.33. The lowest BCUT2D eigenvalue weighted by atomic mass is 10.2. The zero-order valence-corrected chi connectivity index (χ0v) is 10.9. The van der Waals surface area contributed by atoms with E-state index in [1.54, 1.807) is 12.1 Å². The molecular formula is C11H10Cl3NO. The average molecular weight is 279 g/mol. The second kappa shape index (κ2) is 4.46. The Morgan fingerprint density at radius 2 is 1.94 bits per heavy atom. The van der Waals surface area contributed by atoms with E-state index in [0.29, 0.717) is 27.3 Å². The van der Waals surface area contributed by atoms with Crippen LogP contribution in [0.15, 0.2) is 12.1 Å². The molecule has 0 spiro atoms. The van der Waals surface area contributed by atoms with Crippen LogP contribution in [0.5, 0.6) is 0 Å². The quantitative estimate of drug-likeness (QED) is 0.878. The maximum atomic E-state index is 9.33. The molecular weight excluding hydrogens is 268 g/mol. The van der Waals surface area contributed by atoms with Crippen molar-refractivity contribution in [2.24, 2.45) is 0 Å². The molecule has 1 aromatic heterocycles. The summed E-state index contributed by atoms with van der Waals surface area (Å²) in [7, 11) is 0. The molecule has 86 valence electrons. The van der Waals surface area contributed by atoms with Crippen LogP contribution in [0.2, 0.25) is 15.2 Å². The number of hydrogen-bond acceptors (Lipinski definition) is 1. The smallest absolute Gasteiger partial charge is 0.115 e. The van der Waals surface area contributed by atoms with Gasteiger partial charge in [-0.25, -0.2) is 0 Å². The van der Waals surface area contributed by atoms with Gasteiger partial charge in [0.1, 0.15) is 5.15 Å². The molecule has 2 rings (SSSR count). The number of nitrogens with zero attached hydrogens (tertiary/aromatic N) is 1. The number of aryl methyl sites for hydroxylation is 1. The lowest BCUT2D eigenvalue weighted by molar-refractivity contribution is 0.283. The normalized spacial score (nSPS) is 11.3. The highest BCUT2D eigenvalue weighted by Crippen LogP contribution is 2.36. The van der Waals surface area contributed by atoms with Crippen molar-refractivity contribution in [3.8, 4) is 0 Å². The lowest BCUT2D eigenvalue weighted by Gasteiger charge is -2.03. The van der Waals surface area contributed by atoms with Crippen LogP contribution < -0.4 is 0 Å². The van der Waals surface area contributed by atoms with Gasteiger partial charge >= 0.3 is 0 Å². The van der Waals surface area contributed by atoms with Crippen LogP contribution in [-0.2, 0) is 13.2 Å². The number of fused-ring (bicyclic) bond motifs is 1. The first-order valence-electron chi connectivity index (χ1n) is 4.86. The topological polar surface area (TPSA) is 25.2 Å². The van der Waals surface area contributed by atoms with Crippen LogP contribution in [0.25, 0.3) is 10.9 Å². The highest BCUT2D eigenvalue weighted by molar-refractivity contribution is 6.40. The van der Waals surface area contributed by atoms with Crippen molar-refractivity contribution in [3.05, 3.63) is 32.9 Å². The van der Waals surface area contributed by atoms with Crippen LogP contribution >= 0.6 is 34.8 Å². The molecule has 1 aromatic carbocycles. The summed E-state index contributed by atoms with van der Waals surface area (Å²) in [6.07, 6.45) is 0. The fraction of sp³-hybridized carbons (Fsp3) is 0.273. The Morgan fingerprint density at radius 1 is 1.25 bits per heavy atom. The number of rotatable bonds is 2. The standard InChI is InChI=1S/C11H10Cl3NO/c1-2-15-9-4-6(12)3-8(13)10(9)7(5-16)11(15)14/h3-4,16H,2,5H2,1H3. The van der Waals surface area contributed by atoms with Crippen LogP contribution in [0.1, 0.15) is 12.5 Å². The molecule has 0 aliphatic heterocycles. The molecule has 1 heterocycles. The molecule has 1 N–H and O–H groups in total. The van der Waals surface area contributed by atoms with Gasteiger partial charge in [0, 0.05) is 22.5 Å². The summed E-state index contributed by atoms with van der Waals surface area (Å²) in [6, 6.07) is 3.46. The van der Waals surface area contributed by atoms with Gasteiger partial charge in [-0.15, -0.1) is 0 Å². The largest absolute Gasteiger partial charge is 0.392 e. The molecule has 0 saturated carbocycles. The van der Waals surface area contributed by atoms with Gasteiger partial charge in [0.25, 0.3) is 0 Å². The van der Waals surface area contributed by atoms with E-state index in [4.69, 9.17) is 34.8 Å². The lowest BCUT2D eigenvalue weighted by Crippen LogP contribution is -1.93. The Bertz CT molecular complexity index is 548. The number of aliphatic hydroxyl groups excluding tert-OH is 1. The molecule has 0 radical (unpaired) electrons. The van der Waals surface area contributed by atoms with E-state index in [2.05, 4.69) is 0 Å². The molecule has 0 saturated heterocycles. The summed E-state index contributed by atoms with van der Waals surface area (Å²) in [5.74, 6) is 0. The number of hydrogen-bond donors (Lipinski definition) is 1. The molecule has 16 heavy (non-hydrogen) atoms. The van der Waals surface area contributed by atoms with Crippen molar-refractivity contribution in [3.63, 3.8) is 0 Å². The molecule has 0 unspecified atom stereocenters. The summed E-state index contributed by atoms with van der Waals surface area (Å²) < 4.78 is 1.88. The predicted octanol–water partition coefficient (Wildman–Crippen LogP) is 4.11. The zero-order valence-electron chi connectivity index (χ0n) is 8.60. The highest BCUT2D eigenvalue weighted by atomic mass is 35.5. The van der Waals surface area contributed by atoms with Gasteiger partial charge in [0.15, 0.2) is 0 Å². The number of benzene rings is 1. The fourth-order valence-corrected chi connectivity index (χ4v) is 2.86. The van der Waals surface area contributed by atoms with Crippen LogP contribution in [0.3, 0.4) is 0 Å². The summed E-state index contributed by atoms with van der Waals surface area (Å²) in [6.45, 7) is 2.54. The van der Waals surface area contributed by atoms with E-state index < -0.39 is 0 Å². The summed E-state index contributed by atoms with van der Waals surface area (Å²) in [5, 5.41) is 11.7. The summed E-state index contributed by atoms with van der Waals surface area (Å²) in [4.78, 5) is 0. The third-order valence-electron chi connectivity index (χ3n) is 2.59. The zero-order chi connectivity index (χ0) is 11.9. The predicted molar refractivity (Wildman–Crippen MR) is 68.6 cm³/mol. The first-order chi connectivity index (χ1) is 7.60. The number of aromatic nitrogens is 1. The Hall–Kier alpha value is -0.410. The van der Waals surface area contributed by atoms with E-state index >= 15 is 0 Å². The van der Waals surface area contributed by atoms with Gasteiger partial charge in [-0.1, -0.05) is 34.8 Å². The van der Waals surface area contributed by atoms with Crippen molar-refractivity contribution >= 4 is 45.7 Å². The first kappa shape index (κ1) is 12.1. The minimum Gasteiger partial charge on any atom is -0.392 e. The van der Waals surface area contributed by atoms with Crippen molar-refractivity contribution in [1.82, 2.24) is 4.57 Å². The van der Waals surface area contributed by atoms with E-state index in [-0.39, 0.29) is 6.61 Å². The Morgan fingerprint density at radius 3 is 2.50 bits per heavy atom. The molecule has 2 nitrogen and oxygen atoms in total. The van der Waals surface area contributed by atoms with Gasteiger partial charge in [-0.3, -0.25) is 0 Å². The van der Waals surface area contributed by atoms with Crippen LogP contribution in [0, 0.1) is 0 Å². The third-order valence-corrected chi connectivity index (χ3v) is 3.54. The summed E-state index contributed by atoms with van der Waals surface area (Å²) in [5.41, 5.74) is 1.51. The summed E-state index contributed by atoms with van der Waals surface area (Å²) >= 11 is 18.3. The Labute approximate surface area is 108 Å². The second-order valence-corrected chi connectivity index (χ2v) is 4.66. The molecule has 0 fully saturated rings. The molecule has 0 atom stereocenters. The molecule has 0 bridgehead atoms. The van der Waals surface area contributed by atoms with E-state index in [0.717, 1.165) is 10.9 Å². The SMILES string of the molecule is CCn1c(Cl)c(CO)c2c(Cl)cc(Cl)cc21. The van der Waals surface area contributed by atoms with Crippen molar-refractivity contribution in [2.45, 2.75) is 20.1 Å². The molecule has 0 aliphatic rings. The van der Waals surface area contributed by atoms with Gasteiger partial charge in [0.2, 0.25) is 0 Å². The van der Waals surface area contributed by atoms with E-state index in [1.807, 2.05) is 11.5 Å². The molecule has 2 aromatic rings. The first-order valence-corrected chi connectivity index (χ1v) is 6.00. The molecule has 0 amide bonds. The minimum atomic E-state index is -0.135. The van der Waals surface area contributed by atoms with Gasteiger partial charge in [-0.2, -0.15) is 0 Å². The fourth-order valence-electron chi connectivity index (χ4n) is 1.90. The van der Waals surface area contributed by atoms with Crippen LogP contribution in [0.4, 0.5) is 0 Å². The van der Waals surface area contributed by atoms with E-state index in [9.17, 15) is 5.11 Å². The monoisotopic (exact) mass is 277 g/mol. The van der Waals surface area contributed by atoms with Crippen molar-refractivity contribution in [2.75, 3.05) is 0 Å². The highest BCUT2D eigenvalue weighted by Gasteiger charge is 2.17. The second-order valence-electron chi connectivity index (χ2n) is 3.45. The van der Waals surface area contributed by atoms with Gasteiger partial charge in [-0.05, 0) is 19.1 Å².